The molecule has 0 radical (unpaired) electrons. The van der Waals surface area contributed by atoms with Crippen LogP contribution in [0, 0.1) is 5.82 Å². The number of nitrogens with one attached hydrogen (secondary N) is 1. The molecule has 0 aliphatic rings. The van der Waals surface area contributed by atoms with Crippen molar-refractivity contribution < 1.29 is 9.18 Å². The predicted molar refractivity (Wildman–Crippen MR) is 113 cm³/mol. The zero-order valence-electron chi connectivity index (χ0n) is 15.1. The summed E-state index contributed by atoms with van der Waals surface area (Å²) in [6.45, 7) is 0. The van der Waals surface area contributed by atoms with E-state index in [2.05, 4.69) is 15.5 Å². The first-order chi connectivity index (χ1) is 13.5. The van der Waals surface area contributed by atoms with Crippen molar-refractivity contribution in [3.8, 4) is 0 Å². The summed E-state index contributed by atoms with van der Waals surface area (Å²) in [5.41, 5.74) is 1.64. The summed E-state index contributed by atoms with van der Waals surface area (Å²) in [6, 6.07) is 13.6. The van der Waals surface area contributed by atoms with Crippen LogP contribution in [0.1, 0.15) is 11.4 Å². The molecule has 1 heterocycles. The Balaban J connectivity index is 1.48. The van der Waals surface area contributed by atoms with Gasteiger partial charge in [-0.25, -0.2) is 4.39 Å². The molecule has 0 saturated carbocycles. The Kier molecular flexibility index (Phi) is 7.36. The second-order valence-electron chi connectivity index (χ2n) is 5.89. The number of rotatable bonds is 8. The van der Waals surface area contributed by atoms with Crippen molar-refractivity contribution in [3.63, 3.8) is 0 Å². The van der Waals surface area contributed by atoms with Crippen LogP contribution in [-0.4, -0.2) is 26.4 Å². The van der Waals surface area contributed by atoms with Crippen molar-refractivity contribution >= 4 is 46.7 Å². The van der Waals surface area contributed by atoms with Gasteiger partial charge in [-0.05, 0) is 29.8 Å². The van der Waals surface area contributed by atoms with Crippen LogP contribution in [0.3, 0.4) is 0 Å². The lowest BCUT2D eigenvalue weighted by Crippen LogP contribution is -2.14. The SMILES string of the molecule is Cn1c(CSCc2ccc(F)cc2)nnc1SCC(=O)Nc1ccccc1Cl. The van der Waals surface area contributed by atoms with E-state index >= 15 is 0 Å². The standard InChI is InChI=1S/C19H18ClFN4OS2/c1-25-17(11-27-10-13-6-8-14(21)9-7-13)23-24-19(25)28-12-18(26)22-16-5-3-2-4-15(16)20/h2-9H,10-12H2,1H3,(H,22,26). The van der Waals surface area contributed by atoms with Gasteiger partial charge in [-0.1, -0.05) is 47.6 Å². The Bertz CT molecular complexity index is 949. The van der Waals surface area contributed by atoms with Gasteiger partial charge in [0.2, 0.25) is 5.91 Å². The molecule has 5 nitrogen and oxygen atoms in total. The van der Waals surface area contributed by atoms with Crippen molar-refractivity contribution in [3.05, 3.63) is 70.8 Å². The second-order valence-corrected chi connectivity index (χ2v) is 8.23. The van der Waals surface area contributed by atoms with Gasteiger partial charge in [0.05, 0.1) is 22.2 Å². The monoisotopic (exact) mass is 436 g/mol. The van der Waals surface area contributed by atoms with Gasteiger partial charge in [0.1, 0.15) is 11.6 Å². The van der Waals surface area contributed by atoms with E-state index in [1.807, 2.05) is 23.7 Å². The number of hydrogen-bond donors (Lipinski definition) is 1. The molecule has 0 atom stereocenters. The van der Waals surface area contributed by atoms with Crippen LogP contribution in [0.5, 0.6) is 0 Å². The molecule has 9 heteroatoms. The quantitative estimate of drug-likeness (QED) is 0.515. The fourth-order valence-corrected chi connectivity index (χ4v) is 4.19. The number of carbonyl (C=O) groups excluding carboxylic acids is 1. The lowest BCUT2D eigenvalue weighted by molar-refractivity contribution is -0.113. The third-order valence-corrected chi connectivity index (χ3v) is 6.17. The molecule has 0 spiro atoms. The molecular formula is C19H18ClFN4OS2. The zero-order valence-corrected chi connectivity index (χ0v) is 17.5. The smallest absolute Gasteiger partial charge is 0.234 e. The molecule has 0 aliphatic carbocycles. The van der Waals surface area contributed by atoms with Gasteiger partial charge in [-0.2, -0.15) is 0 Å². The minimum absolute atomic E-state index is 0.159. The first-order valence-corrected chi connectivity index (χ1v) is 10.9. The Hall–Kier alpha value is -2.03. The highest BCUT2D eigenvalue weighted by molar-refractivity contribution is 7.99. The molecule has 1 N–H and O–H groups in total. The van der Waals surface area contributed by atoms with E-state index in [1.54, 1.807) is 36.0 Å². The fourth-order valence-electron chi connectivity index (χ4n) is 2.32. The zero-order chi connectivity index (χ0) is 19.9. The molecule has 0 saturated heterocycles. The summed E-state index contributed by atoms with van der Waals surface area (Å²) in [5, 5.41) is 12.3. The fraction of sp³-hybridized carbons (Fsp3) is 0.211. The molecule has 3 rings (SSSR count). The second kappa shape index (κ2) is 9.95. The number of carbonyl (C=O) groups is 1. The number of para-hydroxylation sites is 1. The van der Waals surface area contributed by atoms with E-state index < -0.39 is 0 Å². The number of halogens is 2. The summed E-state index contributed by atoms with van der Waals surface area (Å²) in [4.78, 5) is 12.1. The van der Waals surface area contributed by atoms with Crippen molar-refractivity contribution in [2.75, 3.05) is 11.1 Å². The summed E-state index contributed by atoms with van der Waals surface area (Å²) in [6.07, 6.45) is 0. The van der Waals surface area contributed by atoms with E-state index in [0.717, 1.165) is 17.1 Å². The van der Waals surface area contributed by atoms with Crippen LogP contribution in [0.15, 0.2) is 53.7 Å². The maximum Gasteiger partial charge on any atom is 0.234 e. The van der Waals surface area contributed by atoms with Crippen LogP contribution in [0.25, 0.3) is 0 Å². The first-order valence-electron chi connectivity index (χ1n) is 8.40. The highest BCUT2D eigenvalue weighted by Gasteiger charge is 2.12. The Morgan fingerprint density at radius 1 is 1.14 bits per heavy atom. The van der Waals surface area contributed by atoms with Crippen LogP contribution >= 0.6 is 35.1 Å². The number of nitrogens with zero attached hydrogens (tertiary/aromatic N) is 3. The number of thioether (sulfide) groups is 2. The number of hydrogen-bond acceptors (Lipinski definition) is 5. The molecule has 0 fully saturated rings. The average Bonchev–Trinajstić information content (AvgIpc) is 3.03. The number of amides is 1. The van der Waals surface area contributed by atoms with E-state index in [0.29, 0.717) is 21.6 Å². The van der Waals surface area contributed by atoms with Crippen molar-refractivity contribution in [2.45, 2.75) is 16.7 Å². The normalized spacial score (nSPS) is 10.8. The lowest BCUT2D eigenvalue weighted by Gasteiger charge is -2.07. The topological polar surface area (TPSA) is 59.8 Å². The molecule has 28 heavy (non-hydrogen) atoms. The molecule has 146 valence electrons. The van der Waals surface area contributed by atoms with Gasteiger partial charge in [0.25, 0.3) is 0 Å². The molecule has 1 aromatic heterocycles. The summed E-state index contributed by atoms with van der Waals surface area (Å²) in [5.74, 6) is 2.07. The minimum Gasteiger partial charge on any atom is -0.324 e. The van der Waals surface area contributed by atoms with Gasteiger partial charge in [0, 0.05) is 12.8 Å². The van der Waals surface area contributed by atoms with Gasteiger partial charge in [-0.3, -0.25) is 4.79 Å². The van der Waals surface area contributed by atoms with Crippen LogP contribution in [0.4, 0.5) is 10.1 Å². The first kappa shape index (κ1) is 20.7. The van der Waals surface area contributed by atoms with Crippen molar-refractivity contribution in [1.29, 1.82) is 0 Å². The highest BCUT2D eigenvalue weighted by Crippen LogP contribution is 2.23. The minimum atomic E-state index is -0.234. The van der Waals surface area contributed by atoms with Crippen LogP contribution in [-0.2, 0) is 23.3 Å². The Morgan fingerprint density at radius 2 is 1.89 bits per heavy atom. The van der Waals surface area contributed by atoms with Gasteiger partial charge < -0.3 is 9.88 Å². The van der Waals surface area contributed by atoms with Gasteiger partial charge >= 0.3 is 0 Å². The van der Waals surface area contributed by atoms with E-state index in [4.69, 9.17) is 11.6 Å². The van der Waals surface area contributed by atoms with Gasteiger partial charge in [0.15, 0.2) is 5.16 Å². The molecule has 3 aromatic rings. The summed E-state index contributed by atoms with van der Waals surface area (Å²) >= 11 is 9.03. The molecule has 1 amide bonds. The number of anilines is 1. The van der Waals surface area contributed by atoms with Crippen molar-refractivity contribution in [1.82, 2.24) is 14.8 Å². The molecular weight excluding hydrogens is 419 g/mol. The van der Waals surface area contributed by atoms with Crippen LogP contribution in [0.2, 0.25) is 5.02 Å². The summed E-state index contributed by atoms with van der Waals surface area (Å²) in [7, 11) is 1.88. The Morgan fingerprint density at radius 3 is 2.64 bits per heavy atom. The summed E-state index contributed by atoms with van der Waals surface area (Å²) < 4.78 is 14.8. The predicted octanol–water partition coefficient (Wildman–Crippen LogP) is 4.77. The molecule has 0 unspecified atom stereocenters. The number of aromatic nitrogens is 3. The number of benzene rings is 2. The lowest BCUT2D eigenvalue weighted by atomic mass is 10.2. The van der Waals surface area contributed by atoms with Crippen LogP contribution < -0.4 is 5.32 Å². The maximum absolute atomic E-state index is 12.9. The average molecular weight is 437 g/mol. The molecule has 0 bridgehead atoms. The third-order valence-electron chi connectivity index (χ3n) is 3.82. The van der Waals surface area contributed by atoms with E-state index in [-0.39, 0.29) is 17.5 Å². The van der Waals surface area contributed by atoms with Gasteiger partial charge in [-0.15, -0.1) is 22.0 Å². The van der Waals surface area contributed by atoms with Crippen molar-refractivity contribution in [2.24, 2.45) is 7.05 Å². The third kappa shape index (κ3) is 5.73. The largest absolute Gasteiger partial charge is 0.324 e. The molecule has 0 aliphatic heterocycles. The molecule has 2 aromatic carbocycles. The van der Waals surface area contributed by atoms with E-state index in [9.17, 15) is 9.18 Å². The Labute approximate surface area is 176 Å². The van der Waals surface area contributed by atoms with E-state index in [1.165, 1.54) is 23.9 Å². The maximum atomic E-state index is 12.9. The highest BCUT2D eigenvalue weighted by atomic mass is 35.5.